The Morgan fingerprint density at radius 1 is 1.39 bits per heavy atom. The summed E-state index contributed by atoms with van der Waals surface area (Å²) < 4.78 is 5.58. The quantitative estimate of drug-likeness (QED) is 0.795. The van der Waals surface area contributed by atoms with Crippen molar-refractivity contribution < 1.29 is 9.53 Å². The fourth-order valence-corrected chi connectivity index (χ4v) is 1.58. The summed E-state index contributed by atoms with van der Waals surface area (Å²) in [5.41, 5.74) is 0. The van der Waals surface area contributed by atoms with Gasteiger partial charge >= 0.3 is 0 Å². The third kappa shape index (κ3) is 4.75. The van der Waals surface area contributed by atoms with Gasteiger partial charge in [0.1, 0.15) is 5.75 Å². The maximum absolute atomic E-state index is 12.0. The normalized spacial score (nSPS) is 11.9. The van der Waals surface area contributed by atoms with Crippen molar-refractivity contribution >= 4 is 5.91 Å². The third-order valence-electron chi connectivity index (χ3n) is 2.74. The average Bonchev–Trinajstić information content (AvgIpc) is 2.42. The van der Waals surface area contributed by atoms with Crippen LogP contribution in [0.4, 0.5) is 0 Å². The molecule has 1 rings (SSSR count). The Labute approximate surface area is 109 Å². The molecule has 1 unspecified atom stereocenters. The van der Waals surface area contributed by atoms with E-state index in [4.69, 9.17) is 4.74 Å². The highest BCUT2D eigenvalue weighted by Gasteiger charge is 2.17. The lowest BCUT2D eigenvalue weighted by Crippen LogP contribution is -2.37. The van der Waals surface area contributed by atoms with Crippen molar-refractivity contribution in [2.45, 2.75) is 6.92 Å². The van der Waals surface area contributed by atoms with Crippen LogP contribution < -0.4 is 10.1 Å². The Kier molecular flexibility index (Phi) is 6.22. The zero-order valence-electron chi connectivity index (χ0n) is 11.3. The second-order valence-corrected chi connectivity index (χ2v) is 4.39. The lowest BCUT2D eigenvalue weighted by atomic mass is 10.1. The predicted octanol–water partition coefficient (Wildman–Crippen LogP) is 1.38. The summed E-state index contributed by atoms with van der Waals surface area (Å²) >= 11 is 0. The molecule has 0 aromatic heterocycles. The fourth-order valence-electron chi connectivity index (χ4n) is 1.58. The second kappa shape index (κ2) is 7.71. The number of amides is 1. The number of nitrogens with zero attached hydrogens (tertiary/aromatic N) is 1. The molecule has 0 saturated heterocycles. The summed E-state index contributed by atoms with van der Waals surface area (Å²) in [6.07, 6.45) is 0. The molecule has 0 aliphatic rings. The molecule has 1 N–H and O–H groups in total. The standard InChI is InChI=1S/C14H22N2O2/c1-12(14(17)16(3)10-9-15-2)11-18-13-7-5-4-6-8-13/h4-8,12,15H,9-11H2,1-3H3. The van der Waals surface area contributed by atoms with Crippen LogP contribution in [0.5, 0.6) is 5.75 Å². The van der Waals surface area contributed by atoms with Gasteiger partial charge in [-0.3, -0.25) is 4.79 Å². The largest absolute Gasteiger partial charge is 0.493 e. The number of nitrogens with one attached hydrogen (secondary N) is 1. The maximum atomic E-state index is 12.0. The van der Waals surface area contributed by atoms with Crippen molar-refractivity contribution in [2.75, 3.05) is 33.8 Å². The molecule has 0 heterocycles. The van der Waals surface area contributed by atoms with Gasteiger partial charge in [-0.2, -0.15) is 0 Å². The van der Waals surface area contributed by atoms with Gasteiger partial charge in [0, 0.05) is 20.1 Å². The zero-order chi connectivity index (χ0) is 13.4. The summed E-state index contributed by atoms with van der Waals surface area (Å²) in [4.78, 5) is 13.7. The highest BCUT2D eigenvalue weighted by atomic mass is 16.5. The van der Waals surface area contributed by atoms with Crippen molar-refractivity contribution in [1.82, 2.24) is 10.2 Å². The van der Waals surface area contributed by atoms with E-state index in [-0.39, 0.29) is 11.8 Å². The second-order valence-electron chi connectivity index (χ2n) is 4.39. The minimum absolute atomic E-state index is 0.112. The Bertz CT molecular complexity index is 354. The average molecular weight is 250 g/mol. The van der Waals surface area contributed by atoms with E-state index >= 15 is 0 Å². The van der Waals surface area contributed by atoms with E-state index < -0.39 is 0 Å². The Morgan fingerprint density at radius 3 is 2.67 bits per heavy atom. The summed E-state index contributed by atoms with van der Waals surface area (Å²) in [5.74, 6) is 0.781. The van der Waals surface area contributed by atoms with Gasteiger partial charge in [-0.1, -0.05) is 25.1 Å². The summed E-state index contributed by atoms with van der Waals surface area (Å²) in [7, 11) is 3.69. The van der Waals surface area contributed by atoms with Crippen LogP contribution in [0.3, 0.4) is 0 Å². The van der Waals surface area contributed by atoms with Crippen LogP contribution in [0, 0.1) is 5.92 Å². The van der Waals surface area contributed by atoms with E-state index in [1.807, 2.05) is 51.4 Å². The molecule has 0 saturated carbocycles. The van der Waals surface area contributed by atoms with Gasteiger partial charge in [-0.25, -0.2) is 0 Å². The number of hydrogen-bond acceptors (Lipinski definition) is 3. The van der Waals surface area contributed by atoms with Crippen molar-refractivity contribution in [3.05, 3.63) is 30.3 Å². The van der Waals surface area contributed by atoms with E-state index in [0.717, 1.165) is 12.3 Å². The fraction of sp³-hybridized carbons (Fsp3) is 0.500. The van der Waals surface area contributed by atoms with Crippen LogP contribution in [-0.4, -0.2) is 44.6 Å². The van der Waals surface area contributed by atoms with Gasteiger partial charge in [-0.15, -0.1) is 0 Å². The van der Waals surface area contributed by atoms with Gasteiger partial charge < -0.3 is 15.0 Å². The van der Waals surface area contributed by atoms with Gasteiger partial charge in [0.15, 0.2) is 0 Å². The van der Waals surface area contributed by atoms with Gasteiger partial charge in [0.2, 0.25) is 5.91 Å². The molecule has 0 aliphatic heterocycles. The lowest BCUT2D eigenvalue weighted by molar-refractivity contribution is -0.134. The van der Waals surface area contributed by atoms with Gasteiger partial charge in [0.25, 0.3) is 0 Å². The number of carbonyl (C=O) groups is 1. The van der Waals surface area contributed by atoms with Crippen LogP contribution in [0.2, 0.25) is 0 Å². The summed E-state index contributed by atoms with van der Waals surface area (Å²) in [6.45, 7) is 3.81. The number of ether oxygens (including phenoxy) is 1. The highest BCUT2D eigenvalue weighted by molar-refractivity contribution is 5.78. The molecule has 4 heteroatoms. The molecule has 1 amide bonds. The SMILES string of the molecule is CNCCN(C)C(=O)C(C)COc1ccccc1. The first-order valence-electron chi connectivity index (χ1n) is 6.22. The van der Waals surface area contributed by atoms with Crippen molar-refractivity contribution in [3.63, 3.8) is 0 Å². The number of benzene rings is 1. The lowest BCUT2D eigenvalue weighted by Gasteiger charge is -2.21. The van der Waals surface area contributed by atoms with Crippen LogP contribution in [-0.2, 0) is 4.79 Å². The molecule has 0 aliphatic carbocycles. The monoisotopic (exact) mass is 250 g/mol. The maximum Gasteiger partial charge on any atom is 0.228 e. The molecule has 0 bridgehead atoms. The van der Waals surface area contributed by atoms with Gasteiger partial charge in [-0.05, 0) is 19.2 Å². The first kappa shape index (κ1) is 14.5. The van der Waals surface area contributed by atoms with Gasteiger partial charge in [0.05, 0.1) is 12.5 Å². The Balaban J connectivity index is 2.35. The molecule has 4 nitrogen and oxygen atoms in total. The Hall–Kier alpha value is -1.55. The molecule has 1 aromatic carbocycles. The van der Waals surface area contributed by atoms with E-state index in [1.54, 1.807) is 4.90 Å². The number of rotatable bonds is 7. The minimum atomic E-state index is -0.132. The topological polar surface area (TPSA) is 41.6 Å². The molecule has 0 spiro atoms. The molecule has 0 radical (unpaired) electrons. The van der Waals surface area contributed by atoms with Crippen LogP contribution in [0.1, 0.15) is 6.92 Å². The first-order valence-corrected chi connectivity index (χ1v) is 6.22. The molecule has 18 heavy (non-hydrogen) atoms. The predicted molar refractivity (Wildman–Crippen MR) is 72.7 cm³/mol. The van der Waals surface area contributed by atoms with Crippen molar-refractivity contribution in [1.29, 1.82) is 0 Å². The number of likely N-dealkylation sites (N-methyl/N-ethyl adjacent to an activating group) is 2. The molecule has 0 fully saturated rings. The third-order valence-corrected chi connectivity index (χ3v) is 2.74. The van der Waals surface area contributed by atoms with Crippen LogP contribution in [0.25, 0.3) is 0 Å². The smallest absolute Gasteiger partial charge is 0.228 e. The van der Waals surface area contributed by atoms with E-state index in [2.05, 4.69) is 5.32 Å². The summed E-state index contributed by atoms with van der Waals surface area (Å²) in [5, 5.41) is 3.03. The minimum Gasteiger partial charge on any atom is -0.493 e. The first-order chi connectivity index (χ1) is 8.65. The Morgan fingerprint density at radius 2 is 2.06 bits per heavy atom. The number of hydrogen-bond donors (Lipinski definition) is 1. The zero-order valence-corrected chi connectivity index (χ0v) is 11.3. The molecule has 1 aromatic rings. The van der Waals surface area contributed by atoms with Crippen molar-refractivity contribution in [3.8, 4) is 5.75 Å². The molecular formula is C14H22N2O2. The van der Waals surface area contributed by atoms with E-state index in [9.17, 15) is 4.79 Å². The van der Waals surface area contributed by atoms with Crippen LogP contribution in [0.15, 0.2) is 30.3 Å². The summed E-state index contributed by atoms with van der Waals surface area (Å²) in [6, 6.07) is 9.55. The molecule has 100 valence electrons. The van der Waals surface area contributed by atoms with E-state index in [0.29, 0.717) is 13.2 Å². The molecular weight excluding hydrogens is 228 g/mol. The number of carbonyl (C=O) groups excluding carboxylic acids is 1. The van der Waals surface area contributed by atoms with Crippen LogP contribution >= 0.6 is 0 Å². The molecule has 1 atom stereocenters. The number of para-hydroxylation sites is 1. The highest BCUT2D eigenvalue weighted by Crippen LogP contribution is 2.10. The van der Waals surface area contributed by atoms with E-state index in [1.165, 1.54) is 0 Å². The van der Waals surface area contributed by atoms with Crippen molar-refractivity contribution in [2.24, 2.45) is 5.92 Å².